The standard InChI is InChI=1S/C7H8Cl3NO3/c1-3(12)14-5-4(8)2-7(9,10)6(13)11-5/h4,6,13H,2H2,1H3/t4-,6-/m0/s1. The first kappa shape index (κ1) is 12.0. The van der Waals surface area contributed by atoms with Crippen molar-refractivity contribution in [2.75, 3.05) is 0 Å². The lowest BCUT2D eigenvalue weighted by Crippen LogP contribution is -2.41. The molecule has 1 aliphatic rings. The molecule has 0 aromatic heterocycles. The number of carbonyl (C=O) groups is 1. The number of carbonyl (C=O) groups excluding carboxylic acids is 1. The zero-order valence-corrected chi connectivity index (χ0v) is 9.47. The number of ether oxygens (including phenoxy) is 1. The minimum atomic E-state index is -1.43. The molecular formula is C7H8Cl3NO3. The Morgan fingerprint density at radius 2 is 2.29 bits per heavy atom. The van der Waals surface area contributed by atoms with E-state index in [-0.39, 0.29) is 12.3 Å². The fourth-order valence-electron chi connectivity index (χ4n) is 0.965. The second kappa shape index (κ2) is 4.23. The summed E-state index contributed by atoms with van der Waals surface area (Å²) in [5, 5.41) is 8.63. The molecule has 4 nitrogen and oxygen atoms in total. The summed E-state index contributed by atoms with van der Waals surface area (Å²) in [5.74, 6) is -0.609. The Kier molecular flexibility index (Phi) is 3.63. The van der Waals surface area contributed by atoms with Crippen LogP contribution in [0.3, 0.4) is 0 Å². The fourth-order valence-corrected chi connectivity index (χ4v) is 1.87. The van der Waals surface area contributed by atoms with Crippen LogP contribution >= 0.6 is 34.8 Å². The van der Waals surface area contributed by atoms with Crippen LogP contribution in [0.2, 0.25) is 0 Å². The summed E-state index contributed by atoms with van der Waals surface area (Å²) >= 11 is 17.2. The fraction of sp³-hybridized carbons (Fsp3) is 0.714. The third-order valence-corrected chi connectivity index (χ3v) is 2.63. The molecular weight excluding hydrogens is 252 g/mol. The number of aliphatic hydroxyl groups excluding tert-OH is 1. The second-order valence-electron chi connectivity index (χ2n) is 2.87. The van der Waals surface area contributed by atoms with Gasteiger partial charge in [0.15, 0.2) is 10.6 Å². The van der Waals surface area contributed by atoms with Gasteiger partial charge in [0.25, 0.3) is 0 Å². The molecule has 0 aliphatic carbocycles. The van der Waals surface area contributed by atoms with Crippen LogP contribution in [-0.4, -0.2) is 32.9 Å². The first-order valence-electron chi connectivity index (χ1n) is 3.79. The van der Waals surface area contributed by atoms with E-state index >= 15 is 0 Å². The van der Waals surface area contributed by atoms with Crippen molar-refractivity contribution in [3.63, 3.8) is 0 Å². The zero-order chi connectivity index (χ0) is 10.9. The van der Waals surface area contributed by atoms with Gasteiger partial charge in [-0.05, 0) is 0 Å². The second-order valence-corrected chi connectivity index (χ2v) is 4.94. The molecule has 0 saturated carbocycles. The number of nitrogens with zero attached hydrogens (tertiary/aromatic N) is 1. The SMILES string of the molecule is CC(=O)OC1=N[C@@H](O)C(Cl)(Cl)C[C@@H]1Cl. The Balaban J connectivity index is 2.82. The molecule has 0 unspecified atom stereocenters. The van der Waals surface area contributed by atoms with Crippen molar-refractivity contribution in [2.24, 2.45) is 4.99 Å². The van der Waals surface area contributed by atoms with Gasteiger partial charge in [0.1, 0.15) is 5.38 Å². The molecule has 1 aliphatic heterocycles. The minimum Gasteiger partial charge on any atom is -0.410 e. The van der Waals surface area contributed by atoms with E-state index in [4.69, 9.17) is 34.8 Å². The van der Waals surface area contributed by atoms with Gasteiger partial charge in [-0.3, -0.25) is 4.79 Å². The lowest BCUT2D eigenvalue weighted by molar-refractivity contribution is -0.133. The summed E-state index contributed by atoms with van der Waals surface area (Å²) in [7, 11) is 0. The first-order valence-corrected chi connectivity index (χ1v) is 4.98. The largest absolute Gasteiger partial charge is 0.410 e. The van der Waals surface area contributed by atoms with Crippen molar-refractivity contribution in [3.05, 3.63) is 0 Å². The van der Waals surface area contributed by atoms with E-state index in [0.29, 0.717) is 0 Å². The molecule has 7 heteroatoms. The number of aliphatic hydroxyl groups is 1. The molecule has 0 aromatic carbocycles. The summed E-state index contributed by atoms with van der Waals surface area (Å²) in [6.07, 6.45) is -1.28. The summed E-state index contributed by atoms with van der Waals surface area (Å²) < 4.78 is 3.23. The molecule has 1 rings (SSSR count). The highest BCUT2D eigenvalue weighted by molar-refractivity contribution is 6.50. The van der Waals surface area contributed by atoms with Gasteiger partial charge in [0.2, 0.25) is 5.90 Å². The molecule has 0 fully saturated rings. The smallest absolute Gasteiger partial charge is 0.309 e. The average Bonchev–Trinajstić information content (AvgIpc) is 1.98. The summed E-state index contributed by atoms with van der Waals surface area (Å²) in [6, 6.07) is 0. The Hall–Kier alpha value is -0.0300. The summed E-state index contributed by atoms with van der Waals surface area (Å²) in [4.78, 5) is 14.2. The molecule has 0 bridgehead atoms. The van der Waals surface area contributed by atoms with E-state index in [1.807, 2.05) is 0 Å². The average molecular weight is 261 g/mol. The van der Waals surface area contributed by atoms with Crippen LogP contribution in [-0.2, 0) is 9.53 Å². The maximum atomic E-state index is 10.6. The molecule has 80 valence electrons. The van der Waals surface area contributed by atoms with Crippen LogP contribution in [0.4, 0.5) is 0 Å². The van der Waals surface area contributed by atoms with E-state index in [0.717, 1.165) is 0 Å². The van der Waals surface area contributed by atoms with Gasteiger partial charge in [-0.1, -0.05) is 23.2 Å². The molecule has 1 heterocycles. The topological polar surface area (TPSA) is 58.9 Å². The van der Waals surface area contributed by atoms with E-state index in [1.165, 1.54) is 6.92 Å². The van der Waals surface area contributed by atoms with Gasteiger partial charge in [-0.25, -0.2) is 4.99 Å². The van der Waals surface area contributed by atoms with Crippen molar-refractivity contribution >= 4 is 46.7 Å². The molecule has 0 spiro atoms. The monoisotopic (exact) mass is 259 g/mol. The molecule has 0 amide bonds. The number of hydrogen-bond acceptors (Lipinski definition) is 4. The number of esters is 1. The van der Waals surface area contributed by atoms with Gasteiger partial charge < -0.3 is 9.84 Å². The third kappa shape index (κ3) is 2.73. The van der Waals surface area contributed by atoms with Crippen LogP contribution in [0.5, 0.6) is 0 Å². The normalized spacial score (nSPS) is 30.8. The predicted molar refractivity (Wildman–Crippen MR) is 53.9 cm³/mol. The van der Waals surface area contributed by atoms with Crippen molar-refractivity contribution in [1.29, 1.82) is 0 Å². The van der Waals surface area contributed by atoms with Crippen LogP contribution in [0.1, 0.15) is 13.3 Å². The molecule has 1 N–H and O–H groups in total. The van der Waals surface area contributed by atoms with Gasteiger partial charge in [-0.15, -0.1) is 11.6 Å². The third-order valence-electron chi connectivity index (χ3n) is 1.59. The summed E-state index contributed by atoms with van der Waals surface area (Å²) in [5.41, 5.74) is 0. The number of halogens is 3. The van der Waals surface area contributed by atoms with Crippen molar-refractivity contribution in [2.45, 2.75) is 29.3 Å². The van der Waals surface area contributed by atoms with Crippen molar-refractivity contribution in [3.8, 4) is 0 Å². The number of alkyl halides is 3. The maximum Gasteiger partial charge on any atom is 0.309 e. The van der Waals surface area contributed by atoms with Crippen molar-refractivity contribution < 1.29 is 14.6 Å². The zero-order valence-electron chi connectivity index (χ0n) is 7.21. The van der Waals surface area contributed by atoms with Gasteiger partial charge >= 0.3 is 5.97 Å². The number of hydrogen-bond donors (Lipinski definition) is 1. The van der Waals surface area contributed by atoms with Crippen LogP contribution in [0.15, 0.2) is 4.99 Å². The molecule has 0 radical (unpaired) electrons. The Labute approximate surface area is 95.8 Å². The molecule has 0 aromatic rings. The van der Waals surface area contributed by atoms with Crippen LogP contribution in [0, 0.1) is 0 Å². The molecule has 2 atom stereocenters. The Morgan fingerprint density at radius 3 is 2.79 bits per heavy atom. The van der Waals surface area contributed by atoms with Gasteiger partial charge in [0, 0.05) is 13.3 Å². The van der Waals surface area contributed by atoms with E-state index in [9.17, 15) is 9.90 Å². The maximum absolute atomic E-state index is 10.6. The van der Waals surface area contributed by atoms with Gasteiger partial charge in [-0.2, -0.15) is 0 Å². The van der Waals surface area contributed by atoms with Crippen molar-refractivity contribution in [1.82, 2.24) is 0 Å². The summed E-state index contributed by atoms with van der Waals surface area (Å²) in [6.45, 7) is 1.21. The van der Waals surface area contributed by atoms with Gasteiger partial charge in [0.05, 0.1) is 0 Å². The van der Waals surface area contributed by atoms with E-state index in [1.54, 1.807) is 0 Å². The number of aliphatic imine (C=N–C) groups is 1. The minimum absolute atomic E-state index is 0.0522. The predicted octanol–water partition coefficient (Wildman–Crippen LogP) is 1.45. The highest BCUT2D eigenvalue weighted by Crippen LogP contribution is 2.37. The molecule has 0 saturated heterocycles. The highest BCUT2D eigenvalue weighted by Gasteiger charge is 2.42. The lowest BCUT2D eigenvalue weighted by atomic mass is 10.1. The van der Waals surface area contributed by atoms with E-state index in [2.05, 4.69) is 9.73 Å². The number of rotatable bonds is 0. The first-order chi connectivity index (χ1) is 6.33. The lowest BCUT2D eigenvalue weighted by Gasteiger charge is -2.30. The quantitative estimate of drug-likeness (QED) is 0.530. The van der Waals surface area contributed by atoms with E-state index < -0.39 is 21.9 Å². The molecule has 14 heavy (non-hydrogen) atoms. The highest BCUT2D eigenvalue weighted by atomic mass is 35.5. The van der Waals surface area contributed by atoms with Crippen LogP contribution < -0.4 is 0 Å². The Morgan fingerprint density at radius 1 is 1.71 bits per heavy atom. The van der Waals surface area contributed by atoms with Crippen LogP contribution in [0.25, 0.3) is 0 Å². The Bertz CT molecular complexity index is 279.